The second-order valence-corrected chi connectivity index (χ2v) is 7.04. The molecule has 0 aliphatic heterocycles. The van der Waals surface area contributed by atoms with Gasteiger partial charge in [-0.1, -0.05) is 12.1 Å². The van der Waals surface area contributed by atoms with Gasteiger partial charge >= 0.3 is 0 Å². The molecule has 0 aliphatic rings. The summed E-state index contributed by atoms with van der Waals surface area (Å²) in [5.74, 6) is -0.241. The fourth-order valence-electron chi connectivity index (χ4n) is 2.38. The third kappa shape index (κ3) is 4.56. The van der Waals surface area contributed by atoms with Crippen LogP contribution in [0.1, 0.15) is 21.5 Å². The zero-order chi connectivity index (χ0) is 20.1. The monoisotopic (exact) mass is 392 g/mol. The maximum Gasteiger partial charge on any atom is 0.256 e. The Morgan fingerprint density at radius 1 is 1.18 bits per heavy atom. The van der Waals surface area contributed by atoms with Gasteiger partial charge in [-0.15, -0.1) is 0 Å². The molecule has 0 fully saturated rings. The Balaban J connectivity index is 1.77. The topological polar surface area (TPSA) is 140 Å². The number of hydrogen-bond donors (Lipinski definition) is 3. The molecule has 1 atom stereocenters. The second kappa shape index (κ2) is 8.39. The van der Waals surface area contributed by atoms with Crippen molar-refractivity contribution in [3.63, 3.8) is 0 Å². The third-order valence-electron chi connectivity index (χ3n) is 3.80. The zero-order valence-corrected chi connectivity index (χ0v) is 15.7. The first kappa shape index (κ1) is 19.2. The van der Waals surface area contributed by atoms with Gasteiger partial charge in [0.25, 0.3) is 5.91 Å². The minimum atomic E-state index is -1.58. The highest BCUT2D eigenvalue weighted by atomic mass is 32.2. The Kier molecular flexibility index (Phi) is 5.74. The van der Waals surface area contributed by atoms with E-state index >= 15 is 0 Å². The van der Waals surface area contributed by atoms with Gasteiger partial charge in [0.1, 0.15) is 11.4 Å². The van der Waals surface area contributed by atoms with Crippen molar-refractivity contribution in [2.75, 3.05) is 15.8 Å². The second-order valence-electron chi connectivity index (χ2n) is 5.82. The fraction of sp³-hybridized carbons (Fsp3) is 0.0526. The molecule has 1 aromatic heterocycles. The molecule has 0 aliphatic carbocycles. The van der Waals surface area contributed by atoms with Gasteiger partial charge in [0.2, 0.25) is 5.95 Å². The SMILES string of the molecule is Cc1ccc(N[S@@+]([O-])c2cccc(C#N)c2)cc1C(=O)Nc1cnc(N)nc1. The van der Waals surface area contributed by atoms with Crippen LogP contribution in [0.15, 0.2) is 59.8 Å². The Hall–Kier alpha value is -3.61. The summed E-state index contributed by atoms with van der Waals surface area (Å²) < 4.78 is 15.4. The van der Waals surface area contributed by atoms with Gasteiger partial charge in [0, 0.05) is 11.6 Å². The average molecular weight is 392 g/mol. The number of aromatic nitrogens is 2. The van der Waals surface area contributed by atoms with Crippen LogP contribution in [0.25, 0.3) is 0 Å². The van der Waals surface area contributed by atoms with Crippen LogP contribution in [-0.4, -0.2) is 20.4 Å². The number of nitriles is 1. The summed E-state index contributed by atoms with van der Waals surface area (Å²) in [5, 5.41) is 11.7. The number of aryl methyl sites for hydroxylation is 1. The zero-order valence-electron chi connectivity index (χ0n) is 14.8. The number of nitrogens with zero attached hydrogens (tertiary/aromatic N) is 3. The van der Waals surface area contributed by atoms with E-state index in [0.717, 1.165) is 5.56 Å². The maximum atomic E-state index is 12.6. The largest absolute Gasteiger partial charge is 0.588 e. The van der Waals surface area contributed by atoms with Crippen LogP contribution in [0, 0.1) is 18.3 Å². The summed E-state index contributed by atoms with van der Waals surface area (Å²) in [6.07, 6.45) is 2.82. The van der Waals surface area contributed by atoms with Crippen LogP contribution in [-0.2, 0) is 11.4 Å². The number of nitrogen functional groups attached to an aromatic ring is 1. The Morgan fingerprint density at radius 3 is 2.64 bits per heavy atom. The van der Waals surface area contributed by atoms with E-state index in [0.29, 0.717) is 27.4 Å². The fourth-order valence-corrected chi connectivity index (χ4v) is 3.27. The quantitative estimate of drug-likeness (QED) is 0.567. The molecule has 140 valence electrons. The molecule has 0 unspecified atom stereocenters. The molecule has 4 N–H and O–H groups in total. The van der Waals surface area contributed by atoms with Gasteiger partial charge in [0.05, 0.1) is 35.4 Å². The van der Waals surface area contributed by atoms with E-state index in [1.165, 1.54) is 12.4 Å². The predicted octanol–water partition coefficient (Wildman–Crippen LogP) is 2.63. The van der Waals surface area contributed by atoms with Gasteiger partial charge in [0.15, 0.2) is 4.90 Å². The van der Waals surface area contributed by atoms with Crippen LogP contribution < -0.4 is 15.8 Å². The number of nitrogens with one attached hydrogen (secondary N) is 2. The van der Waals surface area contributed by atoms with Crippen molar-refractivity contribution in [3.8, 4) is 6.07 Å². The Morgan fingerprint density at radius 2 is 1.93 bits per heavy atom. The molecule has 0 spiro atoms. The summed E-state index contributed by atoms with van der Waals surface area (Å²) in [7, 11) is 0. The van der Waals surface area contributed by atoms with E-state index in [-0.39, 0.29) is 11.9 Å². The van der Waals surface area contributed by atoms with Gasteiger partial charge in [-0.2, -0.15) is 5.26 Å². The number of amides is 1. The molecule has 0 bridgehead atoms. The molecule has 0 radical (unpaired) electrons. The number of carbonyl (C=O) groups is 1. The Bertz CT molecular complexity index is 1050. The number of hydrogen-bond acceptors (Lipinski definition) is 7. The average Bonchev–Trinajstić information content (AvgIpc) is 2.71. The first-order valence-electron chi connectivity index (χ1n) is 8.14. The van der Waals surface area contributed by atoms with Crippen LogP contribution >= 0.6 is 0 Å². The summed E-state index contributed by atoms with van der Waals surface area (Å²) in [6, 6.07) is 13.6. The van der Waals surface area contributed by atoms with Crippen LogP contribution in [0.4, 0.5) is 17.3 Å². The molecular weight excluding hydrogens is 376 g/mol. The van der Waals surface area contributed by atoms with Gasteiger partial charge in [-0.3, -0.25) is 4.79 Å². The van der Waals surface area contributed by atoms with Crippen LogP contribution in [0.5, 0.6) is 0 Å². The molecule has 9 heteroatoms. The lowest BCUT2D eigenvalue weighted by Crippen LogP contribution is -2.16. The number of benzene rings is 2. The third-order valence-corrected chi connectivity index (χ3v) is 4.90. The lowest BCUT2D eigenvalue weighted by molar-refractivity contribution is 0.102. The molecule has 8 nitrogen and oxygen atoms in total. The first-order valence-corrected chi connectivity index (χ1v) is 9.29. The summed E-state index contributed by atoms with van der Waals surface area (Å²) in [6.45, 7) is 1.80. The Labute approximate surface area is 164 Å². The standard InChI is InChI=1S/C19H16N6O2S/c1-12-5-6-14(25-28(27)16-4-2-3-13(7-16)9-20)8-17(12)18(26)24-15-10-22-19(21)23-11-15/h2-8,10-11,25H,1H3,(H,24,26)(H2,21,22,23)/t28-/m0/s1. The van der Waals surface area contributed by atoms with E-state index in [9.17, 15) is 9.35 Å². The van der Waals surface area contributed by atoms with Crippen molar-refractivity contribution in [2.24, 2.45) is 0 Å². The van der Waals surface area contributed by atoms with Crippen molar-refractivity contribution < 1.29 is 9.35 Å². The first-order chi connectivity index (χ1) is 13.5. The predicted molar refractivity (Wildman–Crippen MR) is 107 cm³/mol. The molecule has 3 rings (SSSR count). The lowest BCUT2D eigenvalue weighted by Gasteiger charge is -2.14. The summed E-state index contributed by atoms with van der Waals surface area (Å²) >= 11 is -1.58. The van der Waals surface area contributed by atoms with Crippen molar-refractivity contribution in [3.05, 3.63) is 71.5 Å². The minimum Gasteiger partial charge on any atom is -0.588 e. The summed E-state index contributed by atoms with van der Waals surface area (Å²) in [4.78, 5) is 20.7. The minimum absolute atomic E-state index is 0.114. The van der Waals surface area contributed by atoms with E-state index in [1.54, 1.807) is 49.4 Å². The smallest absolute Gasteiger partial charge is 0.256 e. The van der Waals surface area contributed by atoms with Crippen LogP contribution in [0.2, 0.25) is 0 Å². The van der Waals surface area contributed by atoms with Crippen molar-refractivity contribution in [1.29, 1.82) is 5.26 Å². The molecule has 2 aromatic carbocycles. The van der Waals surface area contributed by atoms with E-state index in [1.807, 2.05) is 6.07 Å². The van der Waals surface area contributed by atoms with E-state index < -0.39 is 11.4 Å². The highest BCUT2D eigenvalue weighted by Gasteiger charge is 2.16. The molecule has 28 heavy (non-hydrogen) atoms. The van der Waals surface area contributed by atoms with Gasteiger partial charge < -0.3 is 15.6 Å². The lowest BCUT2D eigenvalue weighted by atomic mass is 10.1. The molecule has 1 amide bonds. The highest BCUT2D eigenvalue weighted by Crippen LogP contribution is 2.21. The number of anilines is 3. The van der Waals surface area contributed by atoms with E-state index in [2.05, 4.69) is 20.0 Å². The molecule has 0 saturated carbocycles. The summed E-state index contributed by atoms with van der Waals surface area (Å²) in [5.41, 5.74) is 7.92. The molecule has 3 aromatic rings. The molecule has 0 saturated heterocycles. The van der Waals surface area contributed by atoms with Crippen molar-refractivity contribution in [1.82, 2.24) is 9.97 Å². The normalized spacial score (nSPS) is 11.3. The van der Waals surface area contributed by atoms with Crippen LogP contribution in [0.3, 0.4) is 0 Å². The van der Waals surface area contributed by atoms with Crippen molar-refractivity contribution >= 4 is 34.6 Å². The van der Waals surface area contributed by atoms with Gasteiger partial charge in [-0.05, 0) is 36.8 Å². The number of carbonyl (C=O) groups excluding carboxylic acids is 1. The number of rotatable bonds is 5. The van der Waals surface area contributed by atoms with E-state index in [4.69, 9.17) is 11.0 Å². The van der Waals surface area contributed by atoms with Crippen molar-refractivity contribution in [2.45, 2.75) is 11.8 Å². The number of nitrogens with two attached hydrogens (primary N) is 1. The molecular formula is C19H16N6O2S. The maximum absolute atomic E-state index is 12.6. The van der Waals surface area contributed by atoms with Gasteiger partial charge in [-0.25, -0.2) is 14.7 Å². The molecule has 1 heterocycles. The highest BCUT2D eigenvalue weighted by molar-refractivity contribution is 7.92.